The van der Waals surface area contributed by atoms with Crippen LogP contribution in [0.25, 0.3) is 33.9 Å². The molecule has 0 unspecified atom stereocenters. The summed E-state index contributed by atoms with van der Waals surface area (Å²) >= 11 is 0. The Balaban J connectivity index is 1.58. The number of esters is 1. The highest BCUT2D eigenvalue weighted by Crippen LogP contribution is 2.36. The van der Waals surface area contributed by atoms with E-state index in [1.165, 1.54) is 5.56 Å². The highest BCUT2D eigenvalue weighted by molar-refractivity contribution is 5.82. The molecule has 4 nitrogen and oxygen atoms in total. The molecule has 0 aliphatic carbocycles. The monoisotopic (exact) mass is 466 g/mol. The van der Waals surface area contributed by atoms with Gasteiger partial charge in [-0.3, -0.25) is 4.79 Å². The molecule has 0 aliphatic heterocycles. The normalized spacial score (nSPS) is 10.9. The van der Waals surface area contributed by atoms with E-state index in [1.54, 1.807) is 0 Å². The Morgan fingerprint density at radius 2 is 1.26 bits per heavy atom. The van der Waals surface area contributed by atoms with Crippen LogP contribution in [0.5, 0.6) is 0 Å². The molecule has 180 valence electrons. The Bertz CT molecular complexity index is 1180. The second kappa shape index (κ2) is 12.7. The minimum absolute atomic E-state index is 0.0839. The first kappa shape index (κ1) is 24.5. The molecule has 0 N–H and O–H groups in total. The number of rotatable bonds is 12. The molecule has 0 atom stereocenters. The van der Waals surface area contributed by atoms with Crippen molar-refractivity contribution >= 4 is 5.97 Å². The zero-order chi connectivity index (χ0) is 24.3. The molecule has 0 fully saturated rings. The fourth-order valence-corrected chi connectivity index (χ4v) is 4.47. The Labute approximate surface area is 208 Å². The van der Waals surface area contributed by atoms with Crippen molar-refractivity contribution in [2.24, 2.45) is 0 Å². The quantitative estimate of drug-likeness (QED) is 0.158. The summed E-state index contributed by atoms with van der Waals surface area (Å²) in [5, 5.41) is 0. The number of nitrogens with zero attached hydrogens (tertiary/aromatic N) is 2. The van der Waals surface area contributed by atoms with Crippen LogP contribution in [-0.4, -0.2) is 22.1 Å². The van der Waals surface area contributed by atoms with Gasteiger partial charge >= 0.3 is 5.97 Å². The smallest absolute Gasteiger partial charge is 0.305 e. The average molecular weight is 467 g/mol. The lowest BCUT2D eigenvalue weighted by molar-refractivity contribution is -0.143. The van der Waals surface area contributed by atoms with Gasteiger partial charge in [-0.2, -0.15) is 0 Å². The first-order valence-electron chi connectivity index (χ1n) is 12.7. The van der Waals surface area contributed by atoms with Gasteiger partial charge < -0.3 is 9.30 Å². The maximum atomic E-state index is 11.5. The minimum Gasteiger partial charge on any atom is -0.466 e. The van der Waals surface area contributed by atoms with Crippen molar-refractivity contribution in [2.45, 2.75) is 52.0 Å². The van der Waals surface area contributed by atoms with Crippen LogP contribution in [0.4, 0.5) is 0 Å². The lowest BCUT2D eigenvalue weighted by Gasteiger charge is -2.14. The third-order valence-corrected chi connectivity index (χ3v) is 6.16. The fourth-order valence-electron chi connectivity index (χ4n) is 4.47. The number of imidazole rings is 1. The van der Waals surface area contributed by atoms with Crippen molar-refractivity contribution in [1.82, 2.24) is 9.55 Å². The Morgan fingerprint density at radius 1 is 0.714 bits per heavy atom. The summed E-state index contributed by atoms with van der Waals surface area (Å²) in [7, 11) is 0. The SMILES string of the molecule is CCOC(=O)CCCCCCCn1c(-c2ccccc2)nc(-c2ccccc2)c1-c1ccccc1. The van der Waals surface area contributed by atoms with Crippen molar-refractivity contribution in [2.75, 3.05) is 6.61 Å². The van der Waals surface area contributed by atoms with Crippen LogP contribution >= 0.6 is 0 Å². The third-order valence-electron chi connectivity index (χ3n) is 6.16. The van der Waals surface area contributed by atoms with Gasteiger partial charge in [-0.1, -0.05) is 110 Å². The van der Waals surface area contributed by atoms with E-state index in [1.807, 2.05) is 19.1 Å². The van der Waals surface area contributed by atoms with E-state index in [2.05, 4.69) is 83.4 Å². The number of aromatic nitrogens is 2. The standard InChI is InChI=1S/C31H34N2O2/c1-2-35-28(34)23-15-4-3-5-16-24-33-30(26-19-11-7-12-20-26)29(25-17-9-6-10-18-25)32-31(33)27-21-13-8-14-22-27/h6-14,17-22H,2-5,15-16,23-24H2,1H3. The van der Waals surface area contributed by atoms with E-state index in [9.17, 15) is 4.79 Å². The van der Waals surface area contributed by atoms with Gasteiger partial charge in [-0.15, -0.1) is 0 Å². The predicted octanol–water partition coefficient (Wildman–Crippen LogP) is 7.79. The molecule has 0 spiro atoms. The van der Waals surface area contributed by atoms with E-state index in [-0.39, 0.29) is 5.97 Å². The zero-order valence-corrected chi connectivity index (χ0v) is 20.5. The van der Waals surface area contributed by atoms with Crippen LogP contribution in [-0.2, 0) is 16.1 Å². The summed E-state index contributed by atoms with van der Waals surface area (Å²) in [6, 6.07) is 31.5. The molecule has 0 aliphatic rings. The van der Waals surface area contributed by atoms with Gasteiger partial charge in [0.15, 0.2) is 0 Å². The van der Waals surface area contributed by atoms with Crippen LogP contribution in [0.15, 0.2) is 91.0 Å². The minimum atomic E-state index is -0.0839. The summed E-state index contributed by atoms with van der Waals surface area (Å²) in [6.45, 7) is 3.21. The van der Waals surface area contributed by atoms with Gasteiger partial charge in [0.2, 0.25) is 0 Å². The van der Waals surface area contributed by atoms with Gasteiger partial charge in [0, 0.05) is 29.7 Å². The Hall–Kier alpha value is -3.66. The molecule has 0 bridgehead atoms. The molecule has 4 heteroatoms. The molecular weight excluding hydrogens is 432 g/mol. The van der Waals surface area contributed by atoms with Gasteiger partial charge in [0.1, 0.15) is 5.82 Å². The Morgan fingerprint density at radius 3 is 1.89 bits per heavy atom. The highest BCUT2D eigenvalue weighted by Gasteiger charge is 2.20. The van der Waals surface area contributed by atoms with Crippen molar-refractivity contribution < 1.29 is 9.53 Å². The summed E-state index contributed by atoms with van der Waals surface area (Å²) in [5.41, 5.74) is 5.61. The first-order valence-corrected chi connectivity index (χ1v) is 12.7. The topological polar surface area (TPSA) is 44.1 Å². The average Bonchev–Trinajstić information content (AvgIpc) is 3.29. The zero-order valence-electron chi connectivity index (χ0n) is 20.5. The van der Waals surface area contributed by atoms with Crippen molar-refractivity contribution in [3.05, 3.63) is 91.0 Å². The molecule has 3 aromatic carbocycles. The molecular formula is C31H34N2O2. The molecule has 0 radical (unpaired) electrons. The largest absolute Gasteiger partial charge is 0.466 e. The van der Waals surface area contributed by atoms with Gasteiger partial charge in [-0.05, 0) is 19.8 Å². The molecule has 1 heterocycles. The summed E-state index contributed by atoms with van der Waals surface area (Å²) in [6.07, 6.45) is 5.75. The number of benzene rings is 3. The van der Waals surface area contributed by atoms with E-state index in [4.69, 9.17) is 9.72 Å². The van der Waals surface area contributed by atoms with E-state index in [0.717, 1.165) is 67.0 Å². The number of carbonyl (C=O) groups excluding carboxylic acids is 1. The van der Waals surface area contributed by atoms with E-state index < -0.39 is 0 Å². The number of hydrogen-bond acceptors (Lipinski definition) is 3. The molecule has 0 saturated carbocycles. The van der Waals surface area contributed by atoms with Gasteiger partial charge in [0.05, 0.1) is 18.0 Å². The molecule has 35 heavy (non-hydrogen) atoms. The molecule has 4 aromatic rings. The van der Waals surface area contributed by atoms with Crippen LogP contribution in [0, 0.1) is 0 Å². The van der Waals surface area contributed by atoms with E-state index in [0.29, 0.717) is 13.0 Å². The van der Waals surface area contributed by atoms with Gasteiger partial charge in [-0.25, -0.2) is 4.98 Å². The van der Waals surface area contributed by atoms with Crippen LogP contribution < -0.4 is 0 Å². The first-order chi connectivity index (χ1) is 17.3. The lowest BCUT2D eigenvalue weighted by Crippen LogP contribution is -2.04. The van der Waals surface area contributed by atoms with Crippen LogP contribution in [0.2, 0.25) is 0 Å². The highest BCUT2D eigenvalue weighted by atomic mass is 16.5. The number of hydrogen-bond donors (Lipinski definition) is 0. The summed E-state index contributed by atoms with van der Waals surface area (Å²) in [4.78, 5) is 16.8. The summed E-state index contributed by atoms with van der Waals surface area (Å²) < 4.78 is 7.42. The van der Waals surface area contributed by atoms with Crippen LogP contribution in [0.1, 0.15) is 45.4 Å². The Kier molecular flexibility index (Phi) is 8.88. The van der Waals surface area contributed by atoms with Crippen molar-refractivity contribution in [1.29, 1.82) is 0 Å². The molecule has 4 rings (SSSR count). The molecule has 0 amide bonds. The second-order valence-corrected chi connectivity index (χ2v) is 8.71. The van der Waals surface area contributed by atoms with Gasteiger partial charge in [0.25, 0.3) is 0 Å². The maximum absolute atomic E-state index is 11.5. The molecule has 1 aromatic heterocycles. The fraction of sp³-hybridized carbons (Fsp3) is 0.290. The van der Waals surface area contributed by atoms with E-state index >= 15 is 0 Å². The second-order valence-electron chi connectivity index (χ2n) is 8.71. The third kappa shape index (κ3) is 6.48. The predicted molar refractivity (Wildman–Crippen MR) is 143 cm³/mol. The van der Waals surface area contributed by atoms with Crippen LogP contribution in [0.3, 0.4) is 0 Å². The lowest BCUT2D eigenvalue weighted by atomic mass is 10.0. The maximum Gasteiger partial charge on any atom is 0.305 e. The number of unbranched alkanes of at least 4 members (excludes halogenated alkanes) is 4. The molecule has 0 saturated heterocycles. The summed E-state index contributed by atoms with van der Waals surface area (Å²) in [5.74, 6) is 0.921. The van der Waals surface area contributed by atoms with Crippen molar-refractivity contribution in [3.8, 4) is 33.9 Å². The van der Waals surface area contributed by atoms with Crippen molar-refractivity contribution in [3.63, 3.8) is 0 Å². The number of ether oxygens (including phenoxy) is 1. The number of carbonyl (C=O) groups is 1.